The molecule has 0 bridgehead atoms. The third-order valence-electron chi connectivity index (χ3n) is 7.26. The summed E-state index contributed by atoms with van der Waals surface area (Å²) in [6.07, 6.45) is 8.17. The van der Waals surface area contributed by atoms with Crippen LogP contribution in [0.1, 0.15) is 79.1 Å². The van der Waals surface area contributed by atoms with Gasteiger partial charge in [-0.2, -0.15) is 0 Å². The highest BCUT2D eigenvalue weighted by atomic mass is 16.3. The van der Waals surface area contributed by atoms with E-state index in [2.05, 4.69) is 27.7 Å². The van der Waals surface area contributed by atoms with E-state index in [4.69, 9.17) is 0 Å². The van der Waals surface area contributed by atoms with Crippen molar-refractivity contribution in [2.45, 2.75) is 91.3 Å². The van der Waals surface area contributed by atoms with Crippen LogP contribution in [-0.4, -0.2) is 22.4 Å². The van der Waals surface area contributed by atoms with Crippen LogP contribution in [0.3, 0.4) is 0 Å². The van der Waals surface area contributed by atoms with Crippen molar-refractivity contribution in [2.24, 2.45) is 22.7 Å². The Bertz CT molecular complexity index is 317. The lowest BCUT2D eigenvalue weighted by molar-refractivity contribution is -0.0849. The van der Waals surface area contributed by atoms with Gasteiger partial charge in [-0.05, 0) is 61.7 Å². The first-order valence-corrected chi connectivity index (χ1v) is 8.86. The van der Waals surface area contributed by atoms with Crippen molar-refractivity contribution < 1.29 is 10.2 Å². The predicted octanol–water partition coefficient (Wildman–Crippen LogP) is 4.14. The molecule has 0 radical (unpaired) electrons. The fraction of sp³-hybridized carbons (Fsp3) is 1.00. The van der Waals surface area contributed by atoms with E-state index in [-0.39, 0.29) is 29.0 Å². The van der Waals surface area contributed by atoms with Crippen molar-refractivity contribution >= 4 is 0 Å². The number of rotatable bonds is 4. The molecule has 2 fully saturated rings. The van der Waals surface area contributed by atoms with E-state index in [9.17, 15) is 10.2 Å². The first kappa shape index (κ1) is 16.3. The van der Waals surface area contributed by atoms with E-state index < -0.39 is 0 Å². The third kappa shape index (κ3) is 2.23. The largest absolute Gasteiger partial charge is 0.392 e. The summed E-state index contributed by atoms with van der Waals surface area (Å²) in [4.78, 5) is 0. The Morgan fingerprint density at radius 2 is 1.35 bits per heavy atom. The van der Waals surface area contributed by atoms with E-state index >= 15 is 0 Å². The van der Waals surface area contributed by atoms with Gasteiger partial charge in [0.1, 0.15) is 0 Å². The van der Waals surface area contributed by atoms with Gasteiger partial charge in [-0.1, -0.05) is 34.1 Å². The van der Waals surface area contributed by atoms with Crippen molar-refractivity contribution in [1.82, 2.24) is 0 Å². The summed E-state index contributed by atoms with van der Waals surface area (Å²) in [6, 6.07) is 0. The van der Waals surface area contributed by atoms with Gasteiger partial charge in [-0.15, -0.1) is 0 Å². The van der Waals surface area contributed by atoms with Crippen LogP contribution in [-0.2, 0) is 0 Å². The molecule has 0 aromatic carbocycles. The Balaban J connectivity index is 2.33. The lowest BCUT2D eigenvalue weighted by Crippen LogP contribution is -2.45. The van der Waals surface area contributed by atoms with Gasteiger partial charge in [0.25, 0.3) is 0 Å². The molecule has 2 N–H and O–H groups in total. The number of aliphatic hydroxyl groups is 2. The highest BCUT2D eigenvalue weighted by molar-refractivity contribution is 5.06. The van der Waals surface area contributed by atoms with Crippen molar-refractivity contribution in [3.8, 4) is 0 Å². The molecule has 118 valence electrons. The van der Waals surface area contributed by atoms with Crippen LogP contribution in [0.15, 0.2) is 0 Å². The minimum atomic E-state index is -0.319. The monoisotopic (exact) mass is 282 g/mol. The molecule has 0 saturated heterocycles. The molecule has 20 heavy (non-hydrogen) atoms. The minimum absolute atomic E-state index is 0.0396. The summed E-state index contributed by atoms with van der Waals surface area (Å²) in [5.74, 6) is 0.636. The normalized spacial score (nSPS) is 39.3. The smallest absolute Gasteiger partial charge is 0.0651 e. The molecule has 4 unspecified atom stereocenters. The lowest BCUT2D eigenvalue weighted by atomic mass is 9.68. The summed E-state index contributed by atoms with van der Waals surface area (Å²) in [5.41, 5.74) is 0.0961. The Morgan fingerprint density at radius 3 is 1.85 bits per heavy atom. The predicted molar refractivity (Wildman–Crippen MR) is 83.5 cm³/mol. The Hall–Kier alpha value is -0.0800. The van der Waals surface area contributed by atoms with Crippen LogP contribution >= 0.6 is 0 Å². The van der Waals surface area contributed by atoms with E-state index in [1.54, 1.807) is 0 Å². The average Bonchev–Trinajstić information content (AvgIpc) is 2.67. The molecule has 0 amide bonds. The molecule has 2 aliphatic rings. The molecule has 4 atom stereocenters. The standard InChI is InChI=1S/C18H34O2/c1-5-17(6-2)11-9-10-13-12-18(7-3,8-4)16(20)14(13)15(17)19/h13-16,19-20H,5-12H2,1-4H3. The lowest BCUT2D eigenvalue weighted by Gasteiger charge is -2.42. The molecule has 0 aromatic heterocycles. The molecule has 0 aromatic rings. The molecule has 0 spiro atoms. The van der Waals surface area contributed by atoms with Crippen LogP contribution < -0.4 is 0 Å². The minimum Gasteiger partial charge on any atom is -0.392 e. The topological polar surface area (TPSA) is 40.5 Å². The zero-order valence-electron chi connectivity index (χ0n) is 13.9. The van der Waals surface area contributed by atoms with Crippen molar-refractivity contribution in [1.29, 1.82) is 0 Å². The van der Waals surface area contributed by atoms with Gasteiger partial charge in [0, 0.05) is 5.92 Å². The second kappa shape index (κ2) is 5.96. The maximum absolute atomic E-state index is 11.1. The number of hydrogen-bond acceptors (Lipinski definition) is 2. The number of fused-ring (bicyclic) bond motifs is 1. The molecule has 2 nitrogen and oxygen atoms in total. The van der Waals surface area contributed by atoms with Crippen LogP contribution in [0.5, 0.6) is 0 Å². The van der Waals surface area contributed by atoms with Gasteiger partial charge in [-0.3, -0.25) is 0 Å². The first-order chi connectivity index (χ1) is 9.50. The SMILES string of the molecule is CCC1(CC)CCCC2CC(CC)(CC)C(O)C2C1O. The van der Waals surface area contributed by atoms with Gasteiger partial charge in [0.15, 0.2) is 0 Å². The van der Waals surface area contributed by atoms with E-state index in [1.165, 1.54) is 12.8 Å². The van der Waals surface area contributed by atoms with Gasteiger partial charge in [0.2, 0.25) is 0 Å². The fourth-order valence-electron chi connectivity index (χ4n) is 5.42. The summed E-state index contributed by atoms with van der Waals surface area (Å²) < 4.78 is 0. The maximum atomic E-state index is 11.1. The number of aliphatic hydroxyl groups excluding tert-OH is 2. The fourth-order valence-corrected chi connectivity index (χ4v) is 5.42. The maximum Gasteiger partial charge on any atom is 0.0651 e. The van der Waals surface area contributed by atoms with Crippen molar-refractivity contribution in [2.75, 3.05) is 0 Å². The van der Waals surface area contributed by atoms with Crippen LogP contribution in [0.2, 0.25) is 0 Å². The van der Waals surface area contributed by atoms with Gasteiger partial charge in [0.05, 0.1) is 12.2 Å². The Labute approximate surface area is 125 Å². The van der Waals surface area contributed by atoms with Crippen molar-refractivity contribution in [3.63, 3.8) is 0 Å². The first-order valence-electron chi connectivity index (χ1n) is 8.86. The summed E-state index contributed by atoms with van der Waals surface area (Å²) >= 11 is 0. The summed E-state index contributed by atoms with van der Waals surface area (Å²) in [5, 5.41) is 22.1. The van der Waals surface area contributed by atoms with Crippen LogP contribution in [0.25, 0.3) is 0 Å². The van der Waals surface area contributed by atoms with Gasteiger partial charge in [-0.25, -0.2) is 0 Å². The van der Waals surface area contributed by atoms with Gasteiger partial charge >= 0.3 is 0 Å². The Kier molecular flexibility index (Phi) is 4.86. The molecule has 2 heteroatoms. The zero-order valence-corrected chi connectivity index (χ0v) is 13.9. The van der Waals surface area contributed by atoms with E-state index in [0.29, 0.717) is 5.92 Å². The summed E-state index contributed by atoms with van der Waals surface area (Å²) in [6.45, 7) is 8.83. The third-order valence-corrected chi connectivity index (χ3v) is 7.26. The zero-order chi connectivity index (χ0) is 15.0. The molecule has 2 saturated carbocycles. The van der Waals surface area contributed by atoms with Crippen molar-refractivity contribution in [3.05, 3.63) is 0 Å². The van der Waals surface area contributed by atoms with E-state index in [1.807, 2.05) is 0 Å². The molecule has 0 aliphatic heterocycles. The average molecular weight is 282 g/mol. The molecule has 0 heterocycles. The second-order valence-electron chi connectivity index (χ2n) is 7.46. The highest BCUT2D eigenvalue weighted by Gasteiger charge is 2.57. The molecule has 2 rings (SSSR count). The number of hydrogen-bond donors (Lipinski definition) is 2. The second-order valence-corrected chi connectivity index (χ2v) is 7.46. The summed E-state index contributed by atoms with van der Waals surface area (Å²) in [7, 11) is 0. The molecular formula is C18H34O2. The van der Waals surface area contributed by atoms with Gasteiger partial charge < -0.3 is 10.2 Å². The van der Waals surface area contributed by atoms with Crippen LogP contribution in [0, 0.1) is 22.7 Å². The molecular weight excluding hydrogens is 248 g/mol. The highest BCUT2D eigenvalue weighted by Crippen LogP contribution is 2.57. The molecule has 2 aliphatic carbocycles. The quantitative estimate of drug-likeness (QED) is 0.813. The Morgan fingerprint density at radius 1 is 0.850 bits per heavy atom. The van der Waals surface area contributed by atoms with E-state index in [0.717, 1.165) is 38.5 Å². The van der Waals surface area contributed by atoms with Crippen LogP contribution in [0.4, 0.5) is 0 Å².